The number of carbonyl (C=O) groups is 2. The number of benzene rings is 1. The van der Waals surface area contributed by atoms with E-state index in [2.05, 4.69) is 24.1 Å². The van der Waals surface area contributed by atoms with E-state index in [1.807, 2.05) is 41.1 Å². The number of amides is 1. The number of thiol groups is 1. The monoisotopic (exact) mass is 549 g/mol. The molecule has 0 saturated heterocycles. The molecule has 0 atom stereocenters. The number of nitrogens with zero attached hydrogens (tertiary/aromatic N) is 2. The Morgan fingerprint density at radius 2 is 1.94 bits per heavy atom. The zero-order valence-electron chi connectivity index (χ0n) is 20.2. The molecular formula is C25H28ClN3O5S2. The highest BCUT2D eigenvalue weighted by Crippen LogP contribution is 2.49. The van der Waals surface area contributed by atoms with Crippen LogP contribution in [0.2, 0.25) is 4.34 Å². The minimum Gasteiger partial charge on any atom is -0.465 e. The predicted octanol–water partition coefficient (Wildman–Crippen LogP) is 4.73. The van der Waals surface area contributed by atoms with Crippen molar-refractivity contribution in [1.29, 1.82) is 0 Å². The van der Waals surface area contributed by atoms with Gasteiger partial charge in [0.1, 0.15) is 20.7 Å². The standard InChI is InChI=1S/C25H28ClN3O5S2/c1-15(2)18-12-21(23(31)28-24-27-20(22(26)35-24)8-11-34-16(3)30)29(14-18)13-17-4-6-19(7-5-17)25(9-10-25)36(32)33/h4-7,12,14-15,36H,8-11,13H2,1-3H3,(H,27,28,31). The van der Waals surface area contributed by atoms with Gasteiger partial charge in [-0.25, -0.2) is 13.4 Å². The molecule has 1 aliphatic rings. The molecule has 8 nitrogen and oxygen atoms in total. The van der Waals surface area contributed by atoms with Gasteiger partial charge >= 0.3 is 5.97 Å². The zero-order chi connectivity index (χ0) is 26.0. The van der Waals surface area contributed by atoms with Crippen LogP contribution in [-0.4, -0.2) is 36.5 Å². The number of anilines is 1. The van der Waals surface area contributed by atoms with Crippen molar-refractivity contribution >= 4 is 50.6 Å². The van der Waals surface area contributed by atoms with Gasteiger partial charge in [0, 0.05) is 26.1 Å². The van der Waals surface area contributed by atoms with Gasteiger partial charge in [-0.05, 0) is 41.5 Å². The number of esters is 1. The van der Waals surface area contributed by atoms with E-state index in [1.165, 1.54) is 6.92 Å². The van der Waals surface area contributed by atoms with Crippen LogP contribution in [0.5, 0.6) is 0 Å². The van der Waals surface area contributed by atoms with Gasteiger partial charge in [-0.15, -0.1) is 0 Å². The van der Waals surface area contributed by atoms with Crippen molar-refractivity contribution in [1.82, 2.24) is 9.55 Å². The molecule has 0 unspecified atom stereocenters. The van der Waals surface area contributed by atoms with Crippen LogP contribution in [0.4, 0.5) is 5.13 Å². The maximum atomic E-state index is 13.2. The number of hydrogen-bond acceptors (Lipinski definition) is 7. The van der Waals surface area contributed by atoms with E-state index in [1.54, 1.807) is 0 Å². The minimum atomic E-state index is -2.51. The normalized spacial score (nSPS) is 14.3. The smallest absolute Gasteiger partial charge is 0.302 e. The lowest BCUT2D eigenvalue weighted by Crippen LogP contribution is -2.17. The van der Waals surface area contributed by atoms with E-state index in [-0.39, 0.29) is 24.4 Å². The highest BCUT2D eigenvalue weighted by molar-refractivity contribution is 7.74. The average Bonchev–Trinajstić information content (AvgIpc) is 3.41. The molecule has 1 N–H and O–H groups in total. The quantitative estimate of drug-likeness (QED) is 0.280. The Balaban J connectivity index is 1.51. The van der Waals surface area contributed by atoms with Crippen molar-refractivity contribution in [3.63, 3.8) is 0 Å². The van der Waals surface area contributed by atoms with Crippen molar-refractivity contribution in [2.45, 2.75) is 57.2 Å². The van der Waals surface area contributed by atoms with Crippen LogP contribution >= 0.6 is 22.9 Å². The second kappa shape index (κ2) is 10.7. The molecule has 36 heavy (non-hydrogen) atoms. The molecule has 1 amide bonds. The van der Waals surface area contributed by atoms with Crippen molar-refractivity contribution in [3.05, 3.63) is 68.9 Å². The van der Waals surface area contributed by atoms with E-state index in [9.17, 15) is 18.0 Å². The van der Waals surface area contributed by atoms with Crippen LogP contribution < -0.4 is 5.32 Å². The molecule has 0 aliphatic heterocycles. The largest absolute Gasteiger partial charge is 0.465 e. The number of nitrogens with one attached hydrogen (secondary N) is 1. The van der Waals surface area contributed by atoms with Crippen LogP contribution in [0.1, 0.15) is 72.4 Å². The fourth-order valence-electron chi connectivity index (χ4n) is 3.98. The Bertz CT molecular complexity index is 1350. The van der Waals surface area contributed by atoms with Crippen molar-refractivity contribution in [3.8, 4) is 0 Å². The van der Waals surface area contributed by atoms with Crippen LogP contribution in [0.25, 0.3) is 0 Å². The molecular weight excluding hydrogens is 522 g/mol. The van der Waals surface area contributed by atoms with Gasteiger partial charge in [0.05, 0.1) is 17.0 Å². The fraction of sp³-hybridized carbons (Fsp3) is 0.400. The van der Waals surface area contributed by atoms with Gasteiger partial charge in [-0.2, -0.15) is 0 Å². The highest BCUT2D eigenvalue weighted by atomic mass is 35.5. The lowest BCUT2D eigenvalue weighted by Gasteiger charge is -2.11. The predicted molar refractivity (Wildman–Crippen MR) is 141 cm³/mol. The van der Waals surface area contributed by atoms with Gasteiger partial charge in [0.2, 0.25) is 0 Å². The van der Waals surface area contributed by atoms with Crippen molar-refractivity contribution in [2.75, 3.05) is 11.9 Å². The molecule has 11 heteroatoms. The molecule has 3 aromatic rings. The third-order valence-electron chi connectivity index (χ3n) is 6.25. The Morgan fingerprint density at radius 3 is 2.53 bits per heavy atom. The van der Waals surface area contributed by atoms with Crippen LogP contribution in [0.3, 0.4) is 0 Å². The van der Waals surface area contributed by atoms with Gasteiger partial charge in [0.25, 0.3) is 5.91 Å². The molecule has 0 spiro atoms. The molecule has 192 valence electrons. The van der Waals surface area contributed by atoms with Gasteiger partial charge in [0.15, 0.2) is 5.13 Å². The van der Waals surface area contributed by atoms with Gasteiger partial charge in [-0.1, -0.05) is 61.1 Å². The summed E-state index contributed by atoms with van der Waals surface area (Å²) >= 11 is 7.42. The summed E-state index contributed by atoms with van der Waals surface area (Å²) in [6, 6.07) is 9.44. The summed E-state index contributed by atoms with van der Waals surface area (Å²) in [4.78, 5) is 28.6. The molecule has 0 bridgehead atoms. The van der Waals surface area contributed by atoms with Gasteiger partial charge in [-0.3, -0.25) is 14.9 Å². The second-order valence-electron chi connectivity index (χ2n) is 9.21. The second-order valence-corrected chi connectivity index (χ2v) is 12.2. The minimum absolute atomic E-state index is 0.165. The maximum absolute atomic E-state index is 13.2. The molecule has 0 radical (unpaired) electrons. The summed E-state index contributed by atoms with van der Waals surface area (Å²) in [5, 5.41) is 3.20. The summed E-state index contributed by atoms with van der Waals surface area (Å²) in [6.45, 7) is 6.08. The molecule has 1 fully saturated rings. The lowest BCUT2D eigenvalue weighted by molar-refractivity contribution is -0.140. The molecule has 4 rings (SSSR count). The number of thiazole rings is 1. The summed E-state index contributed by atoms with van der Waals surface area (Å²) in [7, 11) is -2.51. The number of halogens is 1. The SMILES string of the molecule is CC(=O)OCCc1nc(NC(=O)c2cc(C(C)C)cn2Cc2ccc(C3([SH](=O)=O)CC3)cc2)sc1Cl. The number of carbonyl (C=O) groups excluding carboxylic acids is 2. The van der Waals surface area contributed by atoms with E-state index >= 15 is 0 Å². The summed E-state index contributed by atoms with van der Waals surface area (Å²) < 4.78 is 29.9. The maximum Gasteiger partial charge on any atom is 0.302 e. The first-order valence-electron chi connectivity index (χ1n) is 11.6. The van der Waals surface area contributed by atoms with Crippen molar-refractivity contribution in [2.24, 2.45) is 0 Å². The fourth-order valence-corrected chi connectivity index (χ4v) is 5.90. The topological polar surface area (TPSA) is 107 Å². The van der Waals surface area contributed by atoms with Crippen LogP contribution in [0, 0.1) is 0 Å². The summed E-state index contributed by atoms with van der Waals surface area (Å²) in [6.07, 6.45) is 3.65. The molecule has 2 heterocycles. The number of hydrogen-bond donors (Lipinski definition) is 2. The number of rotatable bonds is 10. The van der Waals surface area contributed by atoms with Gasteiger partial charge < -0.3 is 9.30 Å². The molecule has 1 saturated carbocycles. The Morgan fingerprint density at radius 1 is 1.25 bits per heavy atom. The first kappa shape index (κ1) is 26.4. The van der Waals surface area contributed by atoms with Crippen LogP contribution in [-0.2, 0) is 37.9 Å². The Hall–Kier alpha value is -2.69. The first-order valence-corrected chi connectivity index (χ1v) is 14.0. The molecule has 2 aromatic heterocycles. The molecule has 1 aromatic carbocycles. The average molecular weight is 550 g/mol. The lowest BCUT2D eigenvalue weighted by atomic mass is 10.1. The van der Waals surface area contributed by atoms with E-state index in [4.69, 9.17) is 16.3 Å². The first-order chi connectivity index (χ1) is 17.1. The zero-order valence-corrected chi connectivity index (χ0v) is 22.7. The third kappa shape index (κ3) is 5.82. The van der Waals surface area contributed by atoms with Crippen LogP contribution in [0.15, 0.2) is 36.5 Å². The Labute approximate surface area is 220 Å². The highest BCUT2D eigenvalue weighted by Gasteiger charge is 2.48. The van der Waals surface area contributed by atoms with Crippen molar-refractivity contribution < 1.29 is 22.7 Å². The van der Waals surface area contributed by atoms with E-state index in [0.29, 0.717) is 46.7 Å². The van der Waals surface area contributed by atoms with E-state index in [0.717, 1.165) is 28.0 Å². The van der Waals surface area contributed by atoms with E-state index < -0.39 is 15.5 Å². The number of ether oxygens (including phenoxy) is 1. The molecule has 1 aliphatic carbocycles. The summed E-state index contributed by atoms with van der Waals surface area (Å²) in [5.41, 5.74) is 3.85. The summed E-state index contributed by atoms with van der Waals surface area (Å²) in [5.74, 6) is -0.458. The Kier molecular flexibility index (Phi) is 7.87. The number of aromatic nitrogens is 2. The third-order valence-corrected chi connectivity index (χ3v) is 8.90.